The highest BCUT2D eigenvalue weighted by molar-refractivity contribution is 9.12. The van der Waals surface area contributed by atoms with Crippen LogP contribution in [0.2, 0.25) is 0 Å². The first-order valence-electron chi connectivity index (χ1n) is 5.56. The average molecular weight is 296 g/mol. The highest BCUT2D eigenvalue weighted by Crippen LogP contribution is 2.15. The smallest absolute Gasteiger partial charge is 0.261 e. The van der Waals surface area contributed by atoms with Gasteiger partial charge in [0.15, 0.2) is 0 Å². The van der Waals surface area contributed by atoms with E-state index in [0.717, 1.165) is 5.56 Å². The van der Waals surface area contributed by atoms with Crippen molar-refractivity contribution in [1.29, 1.82) is 0 Å². The van der Waals surface area contributed by atoms with E-state index in [0.29, 0.717) is 30.8 Å². The molecular weight excluding hydrogens is 282 g/mol. The number of nitrogens with zero attached hydrogens (tertiary/aromatic N) is 1. The molecule has 0 atom stereocenters. The minimum atomic E-state index is 0.0251. The predicted octanol–water partition coefficient (Wildman–Crippen LogP) is 2.28. The average Bonchev–Trinajstić information content (AvgIpc) is 2.40. The normalized spacial score (nSPS) is 17.0. The second kappa shape index (κ2) is 5.98. The fourth-order valence-corrected chi connectivity index (χ4v) is 2.19. The number of amides is 1. The molecule has 0 saturated carbocycles. The van der Waals surface area contributed by atoms with Crippen LogP contribution in [-0.4, -0.2) is 37.1 Å². The van der Waals surface area contributed by atoms with Crippen molar-refractivity contribution in [2.24, 2.45) is 0 Å². The largest absolute Gasteiger partial charge is 0.378 e. The maximum atomic E-state index is 12.1. The first-order valence-corrected chi connectivity index (χ1v) is 6.36. The van der Waals surface area contributed by atoms with Gasteiger partial charge >= 0.3 is 0 Å². The molecule has 0 aromatic heterocycles. The number of morpholine rings is 1. The van der Waals surface area contributed by atoms with Crippen LogP contribution in [0.25, 0.3) is 6.08 Å². The topological polar surface area (TPSA) is 29.5 Å². The van der Waals surface area contributed by atoms with Gasteiger partial charge in [0.25, 0.3) is 5.91 Å². The van der Waals surface area contributed by atoms with E-state index in [1.807, 2.05) is 36.4 Å². The number of carbonyl (C=O) groups is 1. The van der Waals surface area contributed by atoms with Gasteiger partial charge in [-0.2, -0.15) is 0 Å². The van der Waals surface area contributed by atoms with Gasteiger partial charge in [0.05, 0.1) is 17.7 Å². The quantitative estimate of drug-likeness (QED) is 0.784. The third kappa shape index (κ3) is 3.41. The third-order valence-corrected chi connectivity index (χ3v) is 3.16. The lowest BCUT2D eigenvalue weighted by atomic mass is 10.2. The van der Waals surface area contributed by atoms with E-state index in [9.17, 15) is 4.79 Å². The summed E-state index contributed by atoms with van der Waals surface area (Å²) >= 11 is 3.34. The van der Waals surface area contributed by atoms with E-state index in [4.69, 9.17) is 4.74 Å². The zero-order chi connectivity index (χ0) is 12.1. The summed E-state index contributed by atoms with van der Waals surface area (Å²) < 4.78 is 5.81. The van der Waals surface area contributed by atoms with Gasteiger partial charge in [0, 0.05) is 13.1 Å². The van der Waals surface area contributed by atoms with Crippen molar-refractivity contribution >= 4 is 27.9 Å². The van der Waals surface area contributed by atoms with E-state index in [1.165, 1.54) is 0 Å². The number of carbonyl (C=O) groups excluding carboxylic acids is 1. The third-order valence-electron chi connectivity index (χ3n) is 2.60. The number of ether oxygens (including phenoxy) is 1. The maximum Gasteiger partial charge on any atom is 0.261 e. The van der Waals surface area contributed by atoms with Crippen molar-refractivity contribution in [2.45, 2.75) is 0 Å². The Morgan fingerprint density at radius 3 is 2.53 bits per heavy atom. The lowest BCUT2D eigenvalue weighted by Crippen LogP contribution is -2.40. The van der Waals surface area contributed by atoms with Crippen molar-refractivity contribution in [3.05, 3.63) is 40.4 Å². The summed E-state index contributed by atoms with van der Waals surface area (Å²) in [5.74, 6) is 0.0251. The van der Waals surface area contributed by atoms with Gasteiger partial charge in [0.2, 0.25) is 0 Å². The lowest BCUT2D eigenvalue weighted by molar-refractivity contribution is -0.130. The zero-order valence-electron chi connectivity index (χ0n) is 9.43. The van der Waals surface area contributed by atoms with Crippen LogP contribution in [0.3, 0.4) is 0 Å². The first-order chi connectivity index (χ1) is 8.27. The van der Waals surface area contributed by atoms with Gasteiger partial charge in [-0.25, -0.2) is 0 Å². The maximum absolute atomic E-state index is 12.1. The van der Waals surface area contributed by atoms with Crippen LogP contribution in [-0.2, 0) is 9.53 Å². The number of hydrogen-bond donors (Lipinski definition) is 0. The molecule has 17 heavy (non-hydrogen) atoms. The predicted molar refractivity (Wildman–Crippen MR) is 70.7 cm³/mol. The van der Waals surface area contributed by atoms with Crippen molar-refractivity contribution in [3.63, 3.8) is 0 Å². The highest BCUT2D eigenvalue weighted by atomic mass is 79.9. The van der Waals surface area contributed by atoms with Crippen LogP contribution >= 0.6 is 15.9 Å². The molecule has 0 unspecified atom stereocenters. The summed E-state index contributed by atoms with van der Waals surface area (Å²) in [7, 11) is 0. The molecule has 0 bridgehead atoms. The number of rotatable bonds is 2. The molecule has 1 amide bonds. The van der Waals surface area contributed by atoms with Gasteiger partial charge in [-0.15, -0.1) is 0 Å². The first kappa shape index (κ1) is 12.3. The minimum Gasteiger partial charge on any atom is -0.378 e. The molecule has 90 valence electrons. The molecular formula is C13H14BrNO2. The van der Waals surface area contributed by atoms with Gasteiger partial charge in [-0.05, 0) is 27.6 Å². The van der Waals surface area contributed by atoms with Gasteiger partial charge < -0.3 is 9.64 Å². The van der Waals surface area contributed by atoms with Crippen molar-refractivity contribution in [1.82, 2.24) is 4.90 Å². The van der Waals surface area contributed by atoms with Crippen molar-refractivity contribution in [3.8, 4) is 0 Å². The Morgan fingerprint density at radius 2 is 1.88 bits per heavy atom. The van der Waals surface area contributed by atoms with Crippen molar-refractivity contribution in [2.75, 3.05) is 26.3 Å². The fourth-order valence-electron chi connectivity index (χ4n) is 1.67. The summed E-state index contributed by atoms with van der Waals surface area (Å²) in [5.41, 5.74) is 1.01. The molecule has 0 N–H and O–H groups in total. The van der Waals surface area contributed by atoms with Gasteiger partial charge in [0.1, 0.15) is 0 Å². The second-order valence-electron chi connectivity index (χ2n) is 3.81. The molecule has 3 nitrogen and oxygen atoms in total. The van der Waals surface area contributed by atoms with Crippen LogP contribution in [0.5, 0.6) is 0 Å². The Kier molecular flexibility index (Phi) is 4.34. The molecule has 1 aromatic rings. The summed E-state index contributed by atoms with van der Waals surface area (Å²) in [4.78, 5) is 13.9. The second-order valence-corrected chi connectivity index (χ2v) is 4.66. The van der Waals surface area contributed by atoms with Crippen LogP contribution in [0.4, 0.5) is 0 Å². The monoisotopic (exact) mass is 295 g/mol. The summed E-state index contributed by atoms with van der Waals surface area (Å²) in [5, 5.41) is 0. The molecule has 0 aliphatic carbocycles. The number of hydrogen-bond acceptors (Lipinski definition) is 2. The Labute approximate surface area is 109 Å². The molecule has 1 aliphatic rings. The van der Waals surface area contributed by atoms with Crippen LogP contribution < -0.4 is 0 Å². The molecule has 0 spiro atoms. The van der Waals surface area contributed by atoms with Crippen LogP contribution in [0.15, 0.2) is 34.8 Å². The lowest BCUT2D eigenvalue weighted by Gasteiger charge is -2.26. The number of benzene rings is 1. The molecule has 1 aromatic carbocycles. The Hall–Kier alpha value is -1.13. The molecule has 1 aliphatic heterocycles. The van der Waals surface area contributed by atoms with Gasteiger partial charge in [-0.3, -0.25) is 4.79 Å². The Balaban J connectivity index is 2.06. The summed E-state index contributed by atoms with van der Waals surface area (Å²) in [6.45, 7) is 2.57. The summed E-state index contributed by atoms with van der Waals surface area (Å²) in [6.07, 6.45) is 1.85. The van der Waals surface area contributed by atoms with Gasteiger partial charge in [-0.1, -0.05) is 30.3 Å². The SMILES string of the molecule is O=C(/C(Br)=C/c1ccccc1)N1CCOCC1. The molecule has 4 heteroatoms. The van der Waals surface area contributed by atoms with Crippen LogP contribution in [0.1, 0.15) is 5.56 Å². The zero-order valence-corrected chi connectivity index (χ0v) is 11.0. The van der Waals surface area contributed by atoms with E-state index in [-0.39, 0.29) is 5.91 Å². The Morgan fingerprint density at radius 1 is 1.24 bits per heavy atom. The molecule has 1 fully saturated rings. The van der Waals surface area contributed by atoms with E-state index in [2.05, 4.69) is 15.9 Å². The highest BCUT2D eigenvalue weighted by Gasteiger charge is 2.18. The Bertz CT molecular complexity index is 411. The molecule has 0 radical (unpaired) electrons. The minimum absolute atomic E-state index is 0.0251. The number of halogens is 1. The molecule has 1 saturated heterocycles. The van der Waals surface area contributed by atoms with Crippen LogP contribution in [0, 0.1) is 0 Å². The molecule has 1 heterocycles. The van der Waals surface area contributed by atoms with E-state index < -0.39 is 0 Å². The standard InChI is InChI=1S/C13H14BrNO2/c14-12(10-11-4-2-1-3-5-11)13(16)15-6-8-17-9-7-15/h1-5,10H,6-9H2/b12-10-. The fraction of sp³-hybridized carbons (Fsp3) is 0.308. The van der Waals surface area contributed by atoms with Crippen molar-refractivity contribution < 1.29 is 9.53 Å². The van der Waals surface area contributed by atoms with E-state index in [1.54, 1.807) is 4.90 Å². The molecule has 2 rings (SSSR count). The van der Waals surface area contributed by atoms with E-state index >= 15 is 0 Å². The summed E-state index contributed by atoms with van der Waals surface area (Å²) in [6, 6.07) is 9.79.